The van der Waals surface area contributed by atoms with E-state index in [0.717, 1.165) is 22.4 Å². The number of hydrogen-bond acceptors (Lipinski definition) is 3. The Morgan fingerprint density at radius 3 is 2.94 bits per heavy atom. The smallest absolute Gasteiger partial charge is 0.122 e. The van der Waals surface area contributed by atoms with Gasteiger partial charge in [0, 0.05) is 17.3 Å². The highest BCUT2D eigenvalue weighted by atomic mass is 16.3. The fourth-order valence-electron chi connectivity index (χ4n) is 2.06. The maximum absolute atomic E-state index is 5.31. The topological polar surface area (TPSA) is 38.1 Å². The zero-order chi connectivity index (χ0) is 12.4. The van der Waals surface area contributed by atoms with E-state index in [0.29, 0.717) is 6.54 Å². The SMILES string of the molecule is Cc1ccc(NCc2ccco2)c2cccnc12. The summed E-state index contributed by atoms with van der Waals surface area (Å²) < 4.78 is 5.31. The van der Waals surface area contributed by atoms with E-state index < -0.39 is 0 Å². The van der Waals surface area contributed by atoms with Gasteiger partial charge in [-0.15, -0.1) is 0 Å². The molecule has 0 aliphatic rings. The van der Waals surface area contributed by atoms with Crippen LogP contribution in [-0.4, -0.2) is 4.98 Å². The largest absolute Gasteiger partial charge is 0.467 e. The highest BCUT2D eigenvalue weighted by Crippen LogP contribution is 2.24. The number of nitrogens with zero attached hydrogens (tertiary/aromatic N) is 1. The van der Waals surface area contributed by atoms with Crippen molar-refractivity contribution in [2.24, 2.45) is 0 Å². The summed E-state index contributed by atoms with van der Waals surface area (Å²) in [5.74, 6) is 0.924. The normalized spacial score (nSPS) is 10.7. The molecule has 0 aliphatic heterocycles. The molecule has 3 nitrogen and oxygen atoms in total. The van der Waals surface area contributed by atoms with Crippen molar-refractivity contribution >= 4 is 16.6 Å². The molecule has 2 heterocycles. The van der Waals surface area contributed by atoms with Crippen LogP contribution in [0.4, 0.5) is 5.69 Å². The van der Waals surface area contributed by atoms with E-state index in [1.807, 2.05) is 24.4 Å². The Labute approximate surface area is 105 Å². The van der Waals surface area contributed by atoms with Crippen LogP contribution in [0.5, 0.6) is 0 Å². The van der Waals surface area contributed by atoms with Crippen LogP contribution in [0.3, 0.4) is 0 Å². The maximum Gasteiger partial charge on any atom is 0.122 e. The number of fused-ring (bicyclic) bond motifs is 1. The van der Waals surface area contributed by atoms with Crippen LogP contribution in [0, 0.1) is 6.92 Å². The predicted molar refractivity (Wildman–Crippen MR) is 72.5 cm³/mol. The lowest BCUT2D eigenvalue weighted by molar-refractivity contribution is 0.518. The number of aryl methyl sites for hydroxylation is 1. The second-order valence-electron chi connectivity index (χ2n) is 4.26. The van der Waals surface area contributed by atoms with Gasteiger partial charge in [-0.3, -0.25) is 4.98 Å². The first-order chi connectivity index (χ1) is 8.84. The molecule has 0 amide bonds. The molecule has 3 rings (SSSR count). The third-order valence-electron chi connectivity index (χ3n) is 3.00. The summed E-state index contributed by atoms with van der Waals surface area (Å²) in [7, 11) is 0. The Kier molecular flexibility index (Phi) is 2.73. The highest BCUT2D eigenvalue weighted by Gasteiger charge is 2.04. The van der Waals surface area contributed by atoms with Crippen LogP contribution in [0.15, 0.2) is 53.3 Å². The lowest BCUT2D eigenvalue weighted by atomic mass is 10.1. The number of aromatic nitrogens is 1. The molecule has 0 atom stereocenters. The second-order valence-corrected chi connectivity index (χ2v) is 4.26. The number of furan rings is 1. The van der Waals surface area contributed by atoms with E-state index in [9.17, 15) is 0 Å². The van der Waals surface area contributed by atoms with E-state index in [1.54, 1.807) is 6.26 Å². The van der Waals surface area contributed by atoms with Crippen molar-refractivity contribution in [2.45, 2.75) is 13.5 Å². The summed E-state index contributed by atoms with van der Waals surface area (Å²) in [6.45, 7) is 2.76. The molecule has 0 radical (unpaired) electrons. The molecule has 2 aromatic heterocycles. The minimum Gasteiger partial charge on any atom is -0.467 e. The molecule has 0 aliphatic carbocycles. The van der Waals surface area contributed by atoms with Gasteiger partial charge in [-0.25, -0.2) is 0 Å². The molecule has 1 aromatic carbocycles. The van der Waals surface area contributed by atoms with Gasteiger partial charge in [-0.05, 0) is 42.8 Å². The van der Waals surface area contributed by atoms with Crippen molar-refractivity contribution in [3.63, 3.8) is 0 Å². The maximum atomic E-state index is 5.31. The fourth-order valence-corrected chi connectivity index (χ4v) is 2.06. The Balaban J connectivity index is 1.94. The average Bonchev–Trinajstić information content (AvgIpc) is 2.92. The van der Waals surface area contributed by atoms with Gasteiger partial charge in [-0.1, -0.05) is 6.07 Å². The zero-order valence-corrected chi connectivity index (χ0v) is 10.2. The lowest BCUT2D eigenvalue weighted by Gasteiger charge is -2.09. The van der Waals surface area contributed by atoms with Gasteiger partial charge in [0.2, 0.25) is 0 Å². The number of nitrogens with one attached hydrogen (secondary N) is 1. The Morgan fingerprint density at radius 2 is 2.11 bits per heavy atom. The van der Waals surface area contributed by atoms with E-state index in [-0.39, 0.29) is 0 Å². The molecule has 3 aromatic rings. The Bertz CT molecular complexity index is 659. The van der Waals surface area contributed by atoms with E-state index in [1.165, 1.54) is 5.56 Å². The first kappa shape index (κ1) is 10.8. The highest BCUT2D eigenvalue weighted by molar-refractivity contribution is 5.93. The van der Waals surface area contributed by atoms with Gasteiger partial charge in [-0.2, -0.15) is 0 Å². The summed E-state index contributed by atoms with van der Waals surface area (Å²) in [5.41, 5.74) is 3.32. The van der Waals surface area contributed by atoms with Crippen molar-refractivity contribution in [2.75, 3.05) is 5.32 Å². The average molecular weight is 238 g/mol. The number of rotatable bonds is 3. The summed E-state index contributed by atoms with van der Waals surface area (Å²) in [6, 6.07) is 12.1. The molecule has 3 heteroatoms. The third kappa shape index (κ3) is 1.95. The number of benzene rings is 1. The minimum atomic E-state index is 0.681. The van der Waals surface area contributed by atoms with Crippen molar-refractivity contribution in [1.82, 2.24) is 4.98 Å². The zero-order valence-electron chi connectivity index (χ0n) is 10.2. The quantitative estimate of drug-likeness (QED) is 0.755. The molecular formula is C15H14N2O. The van der Waals surface area contributed by atoms with E-state index >= 15 is 0 Å². The van der Waals surface area contributed by atoms with Crippen molar-refractivity contribution in [3.8, 4) is 0 Å². The molecular weight excluding hydrogens is 224 g/mol. The van der Waals surface area contributed by atoms with Crippen LogP contribution < -0.4 is 5.32 Å². The Hall–Kier alpha value is -2.29. The van der Waals surface area contributed by atoms with Crippen LogP contribution in [0.25, 0.3) is 10.9 Å². The number of pyridine rings is 1. The lowest BCUT2D eigenvalue weighted by Crippen LogP contribution is -1.99. The first-order valence-electron chi connectivity index (χ1n) is 5.95. The molecule has 18 heavy (non-hydrogen) atoms. The summed E-state index contributed by atoms with van der Waals surface area (Å²) in [4.78, 5) is 4.42. The molecule has 0 unspecified atom stereocenters. The fraction of sp³-hybridized carbons (Fsp3) is 0.133. The first-order valence-corrected chi connectivity index (χ1v) is 5.95. The predicted octanol–water partition coefficient (Wildman–Crippen LogP) is 3.75. The van der Waals surface area contributed by atoms with Gasteiger partial charge in [0.15, 0.2) is 0 Å². The van der Waals surface area contributed by atoms with Gasteiger partial charge in [0.05, 0.1) is 18.3 Å². The third-order valence-corrected chi connectivity index (χ3v) is 3.00. The van der Waals surface area contributed by atoms with Crippen LogP contribution >= 0.6 is 0 Å². The van der Waals surface area contributed by atoms with Crippen molar-refractivity contribution in [3.05, 3.63) is 60.2 Å². The number of hydrogen-bond donors (Lipinski definition) is 1. The monoisotopic (exact) mass is 238 g/mol. The molecule has 0 spiro atoms. The summed E-state index contributed by atoms with van der Waals surface area (Å²) >= 11 is 0. The Morgan fingerprint density at radius 1 is 1.17 bits per heavy atom. The van der Waals surface area contributed by atoms with Gasteiger partial charge >= 0.3 is 0 Å². The molecule has 90 valence electrons. The molecule has 0 fully saturated rings. The molecule has 0 saturated carbocycles. The van der Waals surface area contributed by atoms with Crippen molar-refractivity contribution < 1.29 is 4.42 Å². The van der Waals surface area contributed by atoms with Gasteiger partial charge in [0.1, 0.15) is 5.76 Å². The van der Waals surface area contributed by atoms with Crippen LogP contribution in [-0.2, 0) is 6.54 Å². The minimum absolute atomic E-state index is 0.681. The van der Waals surface area contributed by atoms with E-state index in [2.05, 4.69) is 35.4 Å². The van der Waals surface area contributed by atoms with Crippen LogP contribution in [0.1, 0.15) is 11.3 Å². The van der Waals surface area contributed by atoms with Gasteiger partial charge < -0.3 is 9.73 Å². The second kappa shape index (κ2) is 4.53. The summed E-state index contributed by atoms with van der Waals surface area (Å²) in [6.07, 6.45) is 3.51. The molecule has 1 N–H and O–H groups in total. The molecule has 0 bridgehead atoms. The number of anilines is 1. The van der Waals surface area contributed by atoms with Crippen LogP contribution in [0.2, 0.25) is 0 Å². The van der Waals surface area contributed by atoms with E-state index in [4.69, 9.17) is 4.42 Å². The summed E-state index contributed by atoms with van der Waals surface area (Å²) in [5, 5.41) is 4.53. The molecule has 0 saturated heterocycles. The van der Waals surface area contributed by atoms with Gasteiger partial charge in [0.25, 0.3) is 0 Å². The van der Waals surface area contributed by atoms with Crippen molar-refractivity contribution in [1.29, 1.82) is 0 Å². The standard InChI is InChI=1S/C15H14N2O/c1-11-6-7-14(13-5-2-8-16-15(11)13)17-10-12-4-3-9-18-12/h2-9,17H,10H2,1H3.